The summed E-state index contributed by atoms with van der Waals surface area (Å²) in [5.74, 6) is 6.47. The Balaban J connectivity index is 1.45. The second kappa shape index (κ2) is 10.00. The van der Waals surface area contributed by atoms with Crippen LogP contribution in [-0.2, 0) is 4.43 Å². The van der Waals surface area contributed by atoms with Gasteiger partial charge in [0.05, 0.1) is 0 Å². The van der Waals surface area contributed by atoms with Crippen LogP contribution in [0.4, 0.5) is 0 Å². The largest absolute Gasteiger partial charge is 0.414 e. The molecule has 0 aromatic heterocycles. The van der Waals surface area contributed by atoms with Crippen molar-refractivity contribution in [2.75, 3.05) is 0 Å². The third-order valence-electron chi connectivity index (χ3n) is 11.8. The molecule has 4 rings (SSSR count). The van der Waals surface area contributed by atoms with Crippen LogP contribution in [0.15, 0.2) is 11.6 Å². The predicted octanol–water partition coefficient (Wildman–Crippen LogP) is 9.88. The molecule has 0 aromatic carbocycles. The molecule has 0 spiro atoms. The minimum absolute atomic E-state index is 0.457. The molecule has 0 amide bonds. The lowest BCUT2D eigenvalue weighted by Gasteiger charge is -2.58. The molecule has 0 bridgehead atoms. The highest BCUT2D eigenvalue weighted by atomic mass is 28.4. The maximum atomic E-state index is 6.59. The van der Waals surface area contributed by atoms with E-state index in [2.05, 4.69) is 67.3 Å². The molecule has 4 aliphatic carbocycles. The average Bonchev–Trinajstić information content (AvgIpc) is 3.10. The smallest absolute Gasteiger partial charge is 0.184 e. The molecule has 0 aromatic rings. The van der Waals surface area contributed by atoms with Crippen molar-refractivity contribution in [3.05, 3.63) is 11.6 Å². The highest BCUT2D eigenvalue weighted by molar-refractivity contribution is 6.69. The van der Waals surface area contributed by atoms with Gasteiger partial charge in [-0.3, -0.25) is 0 Å². The van der Waals surface area contributed by atoms with E-state index in [1.165, 1.54) is 70.6 Å². The van der Waals surface area contributed by atoms with E-state index >= 15 is 0 Å². The van der Waals surface area contributed by atoms with E-state index in [1.807, 2.05) is 0 Å². The first-order chi connectivity index (χ1) is 15.9. The Hall–Kier alpha value is -0.0831. The first-order valence-electron chi connectivity index (χ1n) is 15.3. The van der Waals surface area contributed by atoms with E-state index in [-0.39, 0.29) is 0 Å². The summed E-state index contributed by atoms with van der Waals surface area (Å²) in [6, 6.07) is 0. The van der Waals surface area contributed by atoms with E-state index in [0.717, 1.165) is 41.4 Å². The molecule has 0 unspecified atom stereocenters. The van der Waals surface area contributed by atoms with Crippen LogP contribution in [0.25, 0.3) is 0 Å². The molecule has 4 aliphatic rings. The van der Waals surface area contributed by atoms with Gasteiger partial charge in [0.15, 0.2) is 8.32 Å². The quantitative estimate of drug-likeness (QED) is 0.245. The van der Waals surface area contributed by atoms with Crippen molar-refractivity contribution in [3.63, 3.8) is 0 Å². The molecule has 0 heterocycles. The molecule has 196 valence electrons. The summed E-state index contributed by atoms with van der Waals surface area (Å²) in [5, 5.41) is 0. The van der Waals surface area contributed by atoms with Crippen LogP contribution in [0.1, 0.15) is 112 Å². The Morgan fingerprint density at radius 1 is 0.971 bits per heavy atom. The molecule has 1 nitrogen and oxygen atoms in total. The zero-order chi connectivity index (χ0) is 24.9. The van der Waals surface area contributed by atoms with Gasteiger partial charge in [0.2, 0.25) is 0 Å². The summed E-state index contributed by atoms with van der Waals surface area (Å²) in [4.78, 5) is 0. The molecule has 3 saturated carbocycles. The minimum atomic E-state index is -1.46. The van der Waals surface area contributed by atoms with Gasteiger partial charge >= 0.3 is 0 Å². The van der Waals surface area contributed by atoms with Gasteiger partial charge in [-0.1, -0.05) is 66.0 Å². The number of rotatable bonds is 8. The Labute approximate surface area is 214 Å². The first-order valence-corrected chi connectivity index (χ1v) is 18.7. The maximum Gasteiger partial charge on any atom is 0.184 e. The fraction of sp³-hybridized carbons (Fsp3) is 0.938. The molecule has 0 saturated heterocycles. The lowest BCUT2D eigenvalue weighted by atomic mass is 9.47. The van der Waals surface area contributed by atoms with Crippen LogP contribution in [0.2, 0.25) is 19.6 Å². The fourth-order valence-corrected chi connectivity index (χ4v) is 11.1. The summed E-state index contributed by atoms with van der Waals surface area (Å²) in [7, 11) is -1.46. The second-order valence-electron chi connectivity index (χ2n) is 15.0. The predicted molar refractivity (Wildman–Crippen MR) is 150 cm³/mol. The molecule has 0 radical (unpaired) electrons. The highest BCUT2D eigenvalue weighted by Gasteiger charge is 2.59. The topological polar surface area (TPSA) is 9.23 Å². The van der Waals surface area contributed by atoms with Crippen molar-refractivity contribution in [1.82, 2.24) is 0 Å². The summed E-state index contributed by atoms with van der Waals surface area (Å²) < 4.78 is 6.59. The summed E-state index contributed by atoms with van der Waals surface area (Å²) >= 11 is 0. The summed E-state index contributed by atoms with van der Waals surface area (Å²) in [6.07, 6.45) is 18.7. The molecular weight excluding hydrogens is 428 g/mol. The molecule has 3 fully saturated rings. The number of allylic oxidation sites excluding steroid dienone is 1. The van der Waals surface area contributed by atoms with Crippen LogP contribution in [0.3, 0.4) is 0 Å². The minimum Gasteiger partial charge on any atom is -0.414 e. The third kappa shape index (κ3) is 5.03. The van der Waals surface area contributed by atoms with E-state index < -0.39 is 8.32 Å². The van der Waals surface area contributed by atoms with E-state index in [1.54, 1.807) is 5.57 Å². The van der Waals surface area contributed by atoms with Crippen molar-refractivity contribution in [1.29, 1.82) is 0 Å². The Bertz CT molecular complexity index is 734. The summed E-state index contributed by atoms with van der Waals surface area (Å²) in [5.41, 5.74) is 2.84. The molecule has 0 N–H and O–H groups in total. The highest BCUT2D eigenvalue weighted by Crippen LogP contribution is 2.67. The van der Waals surface area contributed by atoms with Gasteiger partial charge in [0, 0.05) is 6.10 Å². The second-order valence-corrected chi connectivity index (χ2v) is 19.5. The zero-order valence-corrected chi connectivity index (χ0v) is 25.4. The van der Waals surface area contributed by atoms with Gasteiger partial charge in [0.25, 0.3) is 0 Å². The Morgan fingerprint density at radius 3 is 2.35 bits per heavy atom. The SMILES string of the molecule is CC[C@H](CC[C@@H](C)[C@@H]1CC[C@H]2[C@@H]3CC=C4C[C@@H](O[Si](C)(C)C)CC[C@]4(C)[C@@H]3CC[C@]21C)C(C)C. The van der Waals surface area contributed by atoms with Gasteiger partial charge in [-0.05, 0) is 130 Å². The van der Waals surface area contributed by atoms with E-state index in [4.69, 9.17) is 4.43 Å². The number of fused-ring (bicyclic) bond motifs is 5. The van der Waals surface area contributed by atoms with Crippen LogP contribution >= 0.6 is 0 Å². The lowest BCUT2D eigenvalue weighted by molar-refractivity contribution is -0.0565. The maximum absolute atomic E-state index is 6.59. The van der Waals surface area contributed by atoms with Gasteiger partial charge in [-0.25, -0.2) is 0 Å². The molecule has 9 atom stereocenters. The fourth-order valence-electron chi connectivity index (χ4n) is 9.89. The molecular formula is C32H58OSi. The molecule has 34 heavy (non-hydrogen) atoms. The van der Waals surface area contributed by atoms with Crippen LogP contribution < -0.4 is 0 Å². The van der Waals surface area contributed by atoms with Crippen molar-refractivity contribution in [2.24, 2.45) is 52.3 Å². The van der Waals surface area contributed by atoms with Crippen LogP contribution in [0.5, 0.6) is 0 Å². The summed E-state index contributed by atoms with van der Waals surface area (Å²) in [6.45, 7) is 22.4. The number of hydrogen-bond donors (Lipinski definition) is 0. The average molecular weight is 487 g/mol. The molecule has 2 heteroatoms. The van der Waals surface area contributed by atoms with Gasteiger partial charge < -0.3 is 4.43 Å². The van der Waals surface area contributed by atoms with Crippen molar-refractivity contribution in [2.45, 2.75) is 138 Å². The van der Waals surface area contributed by atoms with Crippen LogP contribution in [-0.4, -0.2) is 14.4 Å². The Kier molecular flexibility index (Phi) is 7.93. The lowest BCUT2D eigenvalue weighted by Crippen LogP contribution is -2.51. The van der Waals surface area contributed by atoms with Gasteiger partial charge in [-0.15, -0.1) is 0 Å². The van der Waals surface area contributed by atoms with Crippen molar-refractivity contribution >= 4 is 8.32 Å². The standard InChI is InChI=1S/C32H58OSi/c1-10-24(22(2)3)12-11-23(4)28-15-16-29-27-14-13-25-21-26(33-34(7,8)9)17-19-31(25,5)30(27)18-20-32(28,29)6/h13,22-24,26-30H,10-12,14-21H2,1-9H3/t23-,24-,26+,27+,28+,29+,30-,31+,32+/m1/s1. The van der Waals surface area contributed by atoms with Gasteiger partial charge in [0.1, 0.15) is 0 Å². The normalized spacial score (nSPS) is 41.9. The van der Waals surface area contributed by atoms with Gasteiger partial charge in [-0.2, -0.15) is 0 Å². The first kappa shape index (κ1) is 27.0. The third-order valence-corrected chi connectivity index (χ3v) is 12.8. The zero-order valence-electron chi connectivity index (χ0n) is 24.4. The Morgan fingerprint density at radius 2 is 1.71 bits per heavy atom. The van der Waals surface area contributed by atoms with Crippen molar-refractivity contribution in [3.8, 4) is 0 Å². The van der Waals surface area contributed by atoms with E-state index in [0.29, 0.717) is 16.9 Å². The molecule has 0 aliphatic heterocycles. The number of hydrogen-bond acceptors (Lipinski definition) is 1. The van der Waals surface area contributed by atoms with Crippen molar-refractivity contribution < 1.29 is 4.43 Å². The monoisotopic (exact) mass is 486 g/mol. The van der Waals surface area contributed by atoms with E-state index in [9.17, 15) is 0 Å². The van der Waals surface area contributed by atoms with Crippen LogP contribution in [0, 0.1) is 52.3 Å².